The molecule has 0 fully saturated rings. The molecule has 2 nitrogen and oxygen atoms in total. The van der Waals surface area contributed by atoms with Crippen LogP contribution in [-0.2, 0) is 0 Å². The summed E-state index contributed by atoms with van der Waals surface area (Å²) in [6, 6.07) is 1.90. The van der Waals surface area contributed by atoms with Gasteiger partial charge in [-0.2, -0.15) is 0 Å². The molecule has 72 valence electrons. The highest BCUT2D eigenvalue weighted by molar-refractivity contribution is 5.44. The second kappa shape index (κ2) is 4.16. The molecule has 0 radical (unpaired) electrons. The van der Waals surface area contributed by atoms with Crippen LogP contribution in [0.15, 0.2) is 12.3 Å². The number of halogens is 2. The van der Waals surface area contributed by atoms with Gasteiger partial charge in [-0.15, -0.1) is 0 Å². The Morgan fingerprint density at radius 2 is 2.15 bits per heavy atom. The van der Waals surface area contributed by atoms with E-state index < -0.39 is 6.43 Å². The van der Waals surface area contributed by atoms with Crippen molar-refractivity contribution in [3.8, 4) is 0 Å². The minimum atomic E-state index is -2.34. The van der Waals surface area contributed by atoms with Crippen molar-refractivity contribution >= 4 is 5.82 Å². The van der Waals surface area contributed by atoms with E-state index in [0.717, 1.165) is 11.1 Å². The molecule has 0 amide bonds. The molecule has 0 saturated heterocycles. The monoisotopic (exact) mass is 186 g/mol. The number of alkyl halides is 2. The van der Waals surface area contributed by atoms with Crippen LogP contribution < -0.4 is 5.32 Å². The van der Waals surface area contributed by atoms with E-state index in [9.17, 15) is 8.78 Å². The van der Waals surface area contributed by atoms with Gasteiger partial charge in [-0.25, -0.2) is 13.8 Å². The number of nitrogens with zero attached hydrogens (tertiary/aromatic N) is 1. The fourth-order valence-electron chi connectivity index (χ4n) is 1.07. The molecular formula is C9H12F2N2. The molecular weight excluding hydrogens is 174 g/mol. The molecule has 0 aliphatic rings. The summed E-state index contributed by atoms with van der Waals surface area (Å²) in [6.07, 6.45) is -0.691. The minimum Gasteiger partial charge on any atom is -0.364 e. The van der Waals surface area contributed by atoms with E-state index in [4.69, 9.17) is 0 Å². The number of anilines is 1. The molecule has 0 unspecified atom stereocenters. The molecule has 4 heteroatoms. The summed E-state index contributed by atoms with van der Waals surface area (Å²) in [7, 11) is 0. The number of nitrogens with one attached hydrogen (secondary N) is 1. The summed E-state index contributed by atoms with van der Waals surface area (Å²) in [6.45, 7) is 3.40. The van der Waals surface area contributed by atoms with Gasteiger partial charge in [0.1, 0.15) is 5.82 Å². The van der Waals surface area contributed by atoms with E-state index >= 15 is 0 Å². The lowest BCUT2D eigenvalue weighted by Gasteiger charge is -2.07. The van der Waals surface area contributed by atoms with Crippen LogP contribution in [-0.4, -0.2) is 18.0 Å². The van der Waals surface area contributed by atoms with Crippen molar-refractivity contribution in [1.29, 1.82) is 0 Å². The molecule has 0 atom stereocenters. The third kappa shape index (κ3) is 2.97. The Morgan fingerprint density at radius 3 is 2.69 bits per heavy atom. The fourth-order valence-corrected chi connectivity index (χ4v) is 1.07. The van der Waals surface area contributed by atoms with Crippen LogP contribution in [0.4, 0.5) is 14.6 Å². The van der Waals surface area contributed by atoms with Crippen molar-refractivity contribution in [3.05, 3.63) is 23.4 Å². The fraction of sp³-hybridized carbons (Fsp3) is 0.444. The Morgan fingerprint density at radius 1 is 1.46 bits per heavy atom. The van der Waals surface area contributed by atoms with Gasteiger partial charge in [0.25, 0.3) is 6.43 Å². The van der Waals surface area contributed by atoms with Gasteiger partial charge in [-0.05, 0) is 25.0 Å². The normalized spacial score (nSPS) is 10.5. The SMILES string of the molecule is Cc1cnc(NCC(F)F)c(C)c1. The number of aromatic nitrogens is 1. The average Bonchev–Trinajstić information content (AvgIpc) is 2.02. The van der Waals surface area contributed by atoms with Crippen LogP contribution in [0.2, 0.25) is 0 Å². The Hall–Kier alpha value is -1.19. The van der Waals surface area contributed by atoms with Crippen molar-refractivity contribution in [1.82, 2.24) is 4.98 Å². The molecule has 0 bridgehead atoms. The smallest absolute Gasteiger partial charge is 0.255 e. The largest absolute Gasteiger partial charge is 0.364 e. The molecule has 1 N–H and O–H groups in total. The number of pyridine rings is 1. The molecule has 0 aromatic carbocycles. The topological polar surface area (TPSA) is 24.9 Å². The molecule has 0 aliphatic carbocycles. The zero-order valence-electron chi connectivity index (χ0n) is 7.64. The lowest BCUT2D eigenvalue weighted by molar-refractivity contribution is 0.163. The first-order valence-corrected chi connectivity index (χ1v) is 4.05. The van der Waals surface area contributed by atoms with Crippen LogP contribution in [0.5, 0.6) is 0 Å². The second-order valence-corrected chi connectivity index (χ2v) is 2.95. The summed E-state index contributed by atoms with van der Waals surface area (Å²) in [4.78, 5) is 4.01. The van der Waals surface area contributed by atoms with Crippen LogP contribution in [0.1, 0.15) is 11.1 Å². The van der Waals surface area contributed by atoms with E-state index in [1.807, 2.05) is 19.9 Å². The van der Waals surface area contributed by atoms with Crippen molar-refractivity contribution in [3.63, 3.8) is 0 Å². The Bertz CT molecular complexity index is 287. The van der Waals surface area contributed by atoms with E-state index in [-0.39, 0.29) is 6.54 Å². The molecule has 1 rings (SSSR count). The third-order valence-electron chi connectivity index (χ3n) is 1.64. The molecule has 1 aromatic rings. The zero-order valence-corrected chi connectivity index (χ0v) is 7.64. The highest BCUT2D eigenvalue weighted by atomic mass is 19.3. The van der Waals surface area contributed by atoms with Gasteiger partial charge in [0, 0.05) is 6.20 Å². The quantitative estimate of drug-likeness (QED) is 0.783. The number of aryl methyl sites for hydroxylation is 2. The maximum Gasteiger partial charge on any atom is 0.255 e. The van der Waals surface area contributed by atoms with Gasteiger partial charge >= 0.3 is 0 Å². The number of hydrogen-bond acceptors (Lipinski definition) is 2. The maximum absolute atomic E-state index is 11.8. The predicted octanol–water partition coefficient (Wildman–Crippen LogP) is 2.38. The second-order valence-electron chi connectivity index (χ2n) is 2.95. The molecule has 0 saturated carbocycles. The highest BCUT2D eigenvalue weighted by Crippen LogP contribution is 2.12. The average molecular weight is 186 g/mol. The lowest BCUT2D eigenvalue weighted by Crippen LogP contribution is -2.12. The first kappa shape index (κ1) is 9.89. The van der Waals surface area contributed by atoms with Crippen LogP contribution >= 0.6 is 0 Å². The van der Waals surface area contributed by atoms with Crippen molar-refractivity contribution in [2.24, 2.45) is 0 Å². The summed E-state index contributed by atoms with van der Waals surface area (Å²) >= 11 is 0. The van der Waals surface area contributed by atoms with Crippen LogP contribution in [0.25, 0.3) is 0 Å². The van der Waals surface area contributed by atoms with Crippen LogP contribution in [0, 0.1) is 13.8 Å². The third-order valence-corrected chi connectivity index (χ3v) is 1.64. The Kier molecular flexibility index (Phi) is 3.17. The number of rotatable bonds is 3. The van der Waals surface area contributed by atoms with E-state index in [0.29, 0.717) is 5.82 Å². The van der Waals surface area contributed by atoms with Gasteiger partial charge in [-0.3, -0.25) is 0 Å². The lowest BCUT2D eigenvalue weighted by atomic mass is 10.2. The molecule has 0 spiro atoms. The summed E-state index contributed by atoms with van der Waals surface area (Å²) in [5.74, 6) is 0.533. The molecule has 13 heavy (non-hydrogen) atoms. The van der Waals surface area contributed by atoms with Crippen molar-refractivity contribution in [2.45, 2.75) is 20.3 Å². The Balaban J connectivity index is 2.67. The van der Waals surface area contributed by atoms with Gasteiger partial charge in [0.2, 0.25) is 0 Å². The molecule has 1 aromatic heterocycles. The minimum absolute atomic E-state index is 0.350. The molecule has 0 aliphatic heterocycles. The number of hydrogen-bond donors (Lipinski definition) is 1. The van der Waals surface area contributed by atoms with E-state index in [2.05, 4.69) is 10.3 Å². The first-order chi connectivity index (χ1) is 6.09. The standard InChI is InChI=1S/C9H12F2N2/c1-6-3-7(2)9(12-4-6)13-5-8(10)11/h3-4,8H,5H2,1-2H3,(H,12,13). The van der Waals surface area contributed by atoms with Gasteiger partial charge in [0.15, 0.2) is 0 Å². The van der Waals surface area contributed by atoms with Crippen LogP contribution in [0.3, 0.4) is 0 Å². The summed E-state index contributed by atoms with van der Waals surface area (Å²) in [5.41, 5.74) is 1.92. The van der Waals surface area contributed by atoms with Gasteiger partial charge in [0.05, 0.1) is 6.54 Å². The zero-order chi connectivity index (χ0) is 9.84. The predicted molar refractivity (Wildman–Crippen MR) is 48.2 cm³/mol. The van der Waals surface area contributed by atoms with E-state index in [1.54, 1.807) is 6.20 Å². The van der Waals surface area contributed by atoms with E-state index in [1.165, 1.54) is 0 Å². The van der Waals surface area contributed by atoms with Gasteiger partial charge in [-0.1, -0.05) is 6.07 Å². The Labute approximate surface area is 76.0 Å². The summed E-state index contributed by atoms with van der Waals surface area (Å²) < 4.78 is 23.7. The maximum atomic E-state index is 11.8. The van der Waals surface area contributed by atoms with Crippen molar-refractivity contribution < 1.29 is 8.78 Å². The first-order valence-electron chi connectivity index (χ1n) is 4.05. The summed E-state index contributed by atoms with van der Waals surface area (Å²) in [5, 5.41) is 2.58. The molecule has 1 heterocycles. The highest BCUT2D eigenvalue weighted by Gasteiger charge is 2.04. The van der Waals surface area contributed by atoms with Gasteiger partial charge < -0.3 is 5.32 Å². The van der Waals surface area contributed by atoms with Crippen molar-refractivity contribution in [2.75, 3.05) is 11.9 Å².